The van der Waals surface area contributed by atoms with Crippen LogP contribution in [0.4, 0.5) is 0 Å². The van der Waals surface area contributed by atoms with E-state index in [0.717, 1.165) is 12.8 Å². The van der Waals surface area contributed by atoms with Gasteiger partial charge in [0.25, 0.3) is 0 Å². The van der Waals surface area contributed by atoms with Crippen LogP contribution in [0.1, 0.15) is 47.0 Å². The van der Waals surface area contributed by atoms with Crippen molar-refractivity contribution in [3.63, 3.8) is 0 Å². The van der Waals surface area contributed by atoms with Gasteiger partial charge < -0.3 is 16.2 Å². The Bertz CT molecular complexity index is 284. The quantitative estimate of drug-likeness (QED) is 0.643. The normalized spacial score (nSPS) is 14.9. The third-order valence-corrected chi connectivity index (χ3v) is 3.01. The fourth-order valence-electron chi connectivity index (χ4n) is 1.87. The van der Waals surface area contributed by atoms with Crippen molar-refractivity contribution in [2.75, 3.05) is 6.54 Å². The highest BCUT2D eigenvalue weighted by atomic mass is 16.4. The van der Waals surface area contributed by atoms with E-state index >= 15 is 0 Å². The summed E-state index contributed by atoms with van der Waals surface area (Å²) < 4.78 is 0. The smallest absolute Gasteiger partial charge is 0.304 e. The molecule has 5 nitrogen and oxygen atoms in total. The number of hydrogen-bond donors (Lipinski definition) is 3. The summed E-state index contributed by atoms with van der Waals surface area (Å²) in [5, 5.41) is 11.7. The van der Waals surface area contributed by atoms with Gasteiger partial charge in [0, 0.05) is 12.6 Å². The third kappa shape index (κ3) is 6.00. The summed E-state index contributed by atoms with van der Waals surface area (Å²) in [6, 6.07) is -0.0684. The van der Waals surface area contributed by atoms with E-state index in [1.807, 2.05) is 27.7 Å². The molecule has 0 saturated heterocycles. The van der Waals surface area contributed by atoms with E-state index < -0.39 is 11.9 Å². The highest BCUT2D eigenvalue weighted by Crippen LogP contribution is 2.29. The Morgan fingerprint density at radius 3 is 2.22 bits per heavy atom. The molecule has 18 heavy (non-hydrogen) atoms. The standard InChI is InChI=1S/C13H26N2O3/c1-5-6-9(8-14)15-12(18)10(7-11(16)17)13(2,3)4/h9-10H,5-8,14H2,1-4H3,(H,15,18)(H,16,17). The highest BCUT2D eigenvalue weighted by Gasteiger charge is 2.33. The number of nitrogens with two attached hydrogens (primary N) is 1. The third-order valence-electron chi connectivity index (χ3n) is 3.01. The molecule has 106 valence electrons. The number of aliphatic carboxylic acids is 1. The van der Waals surface area contributed by atoms with E-state index in [-0.39, 0.29) is 23.8 Å². The van der Waals surface area contributed by atoms with Crippen molar-refractivity contribution in [1.29, 1.82) is 0 Å². The van der Waals surface area contributed by atoms with Gasteiger partial charge in [-0.15, -0.1) is 0 Å². The Labute approximate surface area is 109 Å². The predicted molar refractivity (Wildman–Crippen MR) is 71.1 cm³/mol. The van der Waals surface area contributed by atoms with Crippen LogP contribution in [0.5, 0.6) is 0 Å². The van der Waals surface area contributed by atoms with E-state index in [9.17, 15) is 9.59 Å². The Balaban J connectivity index is 4.70. The molecule has 0 bridgehead atoms. The predicted octanol–water partition coefficient (Wildman–Crippen LogP) is 1.37. The minimum atomic E-state index is -0.954. The SMILES string of the molecule is CCCC(CN)NC(=O)C(CC(=O)O)C(C)(C)C. The molecule has 0 rings (SSSR count). The summed E-state index contributed by atoms with van der Waals surface area (Å²) in [6.45, 7) is 8.02. The minimum Gasteiger partial charge on any atom is -0.481 e. The van der Waals surface area contributed by atoms with E-state index in [0.29, 0.717) is 6.54 Å². The Kier molecular flexibility index (Phi) is 6.91. The fraction of sp³-hybridized carbons (Fsp3) is 0.846. The van der Waals surface area contributed by atoms with Crippen LogP contribution in [-0.2, 0) is 9.59 Å². The number of nitrogens with one attached hydrogen (secondary N) is 1. The van der Waals surface area contributed by atoms with Crippen LogP contribution in [0.25, 0.3) is 0 Å². The number of carbonyl (C=O) groups excluding carboxylic acids is 1. The zero-order valence-electron chi connectivity index (χ0n) is 11.8. The maximum absolute atomic E-state index is 12.1. The molecule has 0 fully saturated rings. The number of rotatable bonds is 7. The summed E-state index contributed by atoms with van der Waals surface area (Å²) >= 11 is 0. The second-order valence-corrected chi connectivity index (χ2v) is 5.75. The molecule has 0 heterocycles. The van der Waals surface area contributed by atoms with Gasteiger partial charge in [-0.05, 0) is 11.8 Å². The summed E-state index contributed by atoms with van der Waals surface area (Å²) in [5.74, 6) is -1.71. The van der Waals surface area contributed by atoms with Crippen LogP contribution < -0.4 is 11.1 Å². The van der Waals surface area contributed by atoms with Crippen molar-refractivity contribution in [2.24, 2.45) is 17.1 Å². The van der Waals surface area contributed by atoms with Crippen molar-refractivity contribution in [3.05, 3.63) is 0 Å². The summed E-state index contributed by atoms with van der Waals surface area (Å²) in [5.41, 5.74) is 5.21. The second kappa shape index (κ2) is 7.36. The topological polar surface area (TPSA) is 92.4 Å². The maximum Gasteiger partial charge on any atom is 0.304 e. The Morgan fingerprint density at radius 2 is 1.89 bits per heavy atom. The lowest BCUT2D eigenvalue weighted by atomic mass is 9.78. The van der Waals surface area contributed by atoms with Crippen molar-refractivity contribution in [2.45, 2.75) is 53.0 Å². The molecule has 0 saturated carbocycles. The number of carboxylic acids is 1. The largest absolute Gasteiger partial charge is 0.481 e. The molecule has 0 aromatic heterocycles. The lowest BCUT2D eigenvalue weighted by Crippen LogP contribution is -2.46. The first-order valence-electron chi connectivity index (χ1n) is 6.44. The minimum absolute atomic E-state index is 0.0684. The first-order valence-corrected chi connectivity index (χ1v) is 6.44. The molecule has 0 aromatic carbocycles. The average molecular weight is 258 g/mol. The van der Waals surface area contributed by atoms with Gasteiger partial charge in [0.1, 0.15) is 0 Å². The number of hydrogen-bond acceptors (Lipinski definition) is 3. The van der Waals surface area contributed by atoms with Crippen LogP contribution in [0.2, 0.25) is 0 Å². The number of carbonyl (C=O) groups is 2. The van der Waals surface area contributed by atoms with Crippen LogP contribution in [-0.4, -0.2) is 29.6 Å². The first kappa shape index (κ1) is 16.9. The van der Waals surface area contributed by atoms with E-state index in [2.05, 4.69) is 5.32 Å². The molecule has 0 aliphatic heterocycles. The maximum atomic E-state index is 12.1. The summed E-state index contributed by atoms with van der Waals surface area (Å²) in [6.07, 6.45) is 1.59. The molecule has 5 heteroatoms. The molecule has 0 spiro atoms. The van der Waals surface area contributed by atoms with Gasteiger partial charge in [0.15, 0.2) is 0 Å². The molecule has 0 radical (unpaired) electrons. The second-order valence-electron chi connectivity index (χ2n) is 5.75. The molecular weight excluding hydrogens is 232 g/mol. The van der Waals surface area contributed by atoms with E-state index in [1.165, 1.54) is 0 Å². The zero-order chi connectivity index (χ0) is 14.3. The molecule has 0 aliphatic rings. The monoisotopic (exact) mass is 258 g/mol. The number of amides is 1. The molecular formula is C13H26N2O3. The van der Waals surface area contributed by atoms with E-state index in [4.69, 9.17) is 10.8 Å². The van der Waals surface area contributed by atoms with Crippen LogP contribution >= 0.6 is 0 Å². The van der Waals surface area contributed by atoms with Gasteiger partial charge in [-0.2, -0.15) is 0 Å². The van der Waals surface area contributed by atoms with Gasteiger partial charge in [0.2, 0.25) is 5.91 Å². The lowest BCUT2D eigenvalue weighted by molar-refractivity contribution is -0.143. The van der Waals surface area contributed by atoms with Gasteiger partial charge in [-0.1, -0.05) is 34.1 Å². The Hall–Kier alpha value is -1.10. The van der Waals surface area contributed by atoms with Gasteiger partial charge in [0.05, 0.1) is 12.3 Å². The van der Waals surface area contributed by atoms with Gasteiger partial charge >= 0.3 is 5.97 Å². The fourth-order valence-corrected chi connectivity index (χ4v) is 1.87. The summed E-state index contributed by atoms with van der Waals surface area (Å²) in [4.78, 5) is 23.0. The van der Waals surface area contributed by atoms with Gasteiger partial charge in [-0.25, -0.2) is 0 Å². The number of carboxylic acid groups (broad SMARTS) is 1. The van der Waals surface area contributed by atoms with Crippen molar-refractivity contribution in [3.8, 4) is 0 Å². The molecule has 2 unspecified atom stereocenters. The molecule has 4 N–H and O–H groups in total. The van der Waals surface area contributed by atoms with Crippen LogP contribution in [0.3, 0.4) is 0 Å². The first-order chi connectivity index (χ1) is 8.22. The van der Waals surface area contributed by atoms with Crippen molar-refractivity contribution >= 4 is 11.9 Å². The zero-order valence-corrected chi connectivity index (χ0v) is 11.8. The van der Waals surface area contributed by atoms with Crippen LogP contribution in [0.15, 0.2) is 0 Å². The molecule has 0 aliphatic carbocycles. The van der Waals surface area contributed by atoms with Crippen molar-refractivity contribution in [1.82, 2.24) is 5.32 Å². The molecule has 2 atom stereocenters. The summed E-state index contributed by atoms with van der Waals surface area (Å²) in [7, 11) is 0. The highest BCUT2D eigenvalue weighted by molar-refractivity contribution is 5.84. The van der Waals surface area contributed by atoms with Crippen molar-refractivity contribution < 1.29 is 14.7 Å². The average Bonchev–Trinajstić information content (AvgIpc) is 2.23. The van der Waals surface area contributed by atoms with Crippen LogP contribution in [0, 0.1) is 11.3 Å². The van der Waals surface area contributed by atoms with E-state index in [1.54, 1.807) is 0 Å². The molecule has 0 aromatic rings. The molecule has 1 amide bonds. The lowest BCUT2D eigenvalue weighted by Gasteiger charge is -2.30. The van der Waals surface area contributed by atoms with Gasteiger partial charge in [-0.3, -0.25) is 9.59 Å². The Morgan fingerprint density at radius 1 is 1.33 bits per heavy atom.